The Hall–Kier alpha value is -0.310. The summed E-state index contributed by atoms with van der Waals surface area (Å²) in [6.45, 7) is 14.0. The highest BCUT2D eigenvalue weighted by Gasteiger charge is 2.17. The van der Waals surface area contributed by atoms with Gasteiger partial charge in [-0.15, -0.1) is 0 Å². The van der Waals surface area contributed by atoms with Crippen molar-refractivity contribution in [3.8, 4) is 0 Å². The van der Waals surface area contributed by atoms with E-state index in [1.807, 2.05) is 0 Å². The van der Waals surface area contributed by atoms with Gasteiger partial charge in [0.25, 0.3) is 0 Å². The molecule has 0 aliphatic rings. The SMILES string of the molecule is CCCCCCCCCCCCCCCCN(CCCCCCCCCCCCCCCC)C(=S)N(CCCCCCCCCCCCCCCC)CCCCCCCCCCCCCCCC. The molecule has 0 radical (unpaired) electrons. The number of thiocarbonyl (C=S) groups is 1. The molecular weight excluding hydrogens is 841 g/mol. The lowest BCUT2D eigenvalue weighted by molar-refractivity contribution is 0.303. The molecular formula is C65H132N2S. The summed E-state index contributed by atoms with van der Waals surface area (Å²) in [5.74, 6) is 0. The first-order chi connectivity index (χ1) is 33.7. The van der Waals surface area contributed by atoms with E-state index in [-0.39, 0.29) is 0 Å². The van der Waals surface area contributed by atoms with Gasteiger partial charge in [-0.05, 0) is 37.9 Å². The fraction of sp³-hybridized carbons (Fsp3) is 0.985. The van der Waals surface area contributed by atoms with Crippen LogP contribution in [0, 0.1) is 0 Å². The van der Waals surface area contributed by atoms with Gasteiger partial charge in [0.05, 0.1) is 0 Å². The first-order valence-corrected chi connectivity index (χ1v) is 33.2. The van der Waals surface area contributed by atoms with Gasteiger partial charge in [0.15, 0.2) is 5.11 Å². The van der Waals surface area contributed by atoms with Gasteiger partial charge in [-0.1, -0.05) is 362 Å². The van der Waals surface area contributed by atoms with Crippen LogP contribution >= 0.6 is 12.2 Å². The molecule has 0 saturated heterocycles. The molecule has 68 heavy (non-hydrogen) atoms. The van der Waals surface area contributed by atoms with Crippen LogP contribution in [0.3, 0.4) is 0 Å². The maximum atomic E-state index is 6.55. The van der Waals surface area contributed by atoms with E-state index in [1.54, 1.807) is 0 Å². The Morgan fingerprint density at radius 3 is 0.397 bits per heavy atom. The van der Waals surface area contributed by atoms with Crippen LogP contribution in [0.5, 0.6) is 0 Å². The summed E-state index contributed by atoms with van der Waals surface area (Å²) in [7, 11) is 0. The molecule has 0 aromatic heterocycles. The molecule has 408 valence electrons. The van der Waals surface area contributed by atoms with Crippen LogP contribution < -0.4 is 0 Å². The Morgan fingerprint density at radius 2 is 0.279 bits per heavy atom. The van der Waals surface area contributed by atoms with Crippen LogP contribution in [0.2, 0.25) is 0 Å². The average Bonchev–Trinajstić information content (AvgIpc) is 3.35. The van der Waals surface area contributed by atoms with Crippen molar-refractivity contribution in [1.82, 2.24) is 9.80 Å². The second-order valence-corrected chi connectivity index (χ2v) is 23.0. The Bertz CT molecular complexity index is 771. The summed E-state index contributed by atoms with van der Waals surface area (Å²) < 4.78 is 0. The van der Waals surface area contributed by atoms with Gasteiger partial charge in [0.1, 0.15) is 0 Å². The molecule has 0 spiro atoms. The normalized spacial score (nSPS) is 11.6. The maximum absolute atomic E-state index is 6.55. The van der Waals surface area contributed by atoms with Gasteiger partial charge in [-0.3, -0.25) is 0 Å². The standard InChI is InChI=1S/C65H132N2S/c1-5-9-13-17-21-25-29-33-37-41-45-49-53-57-61-66(62-58-54-50-46-42-38-34-30-26-22-18-14-10-6-2)65(68)67(63-59-55-51-47-43-39-35-31-27-23-19-15-11-7-3)64-60-56-52-48-44-40-36-32-28-24-20-16-12-8-4/h5-64H2,1-4H3. The minimum absolute atomic E-state index is 1.18. The van der Waals surface area contributed by atoms with E-state index in [2.05, 4.69) is 37.5 Å². The Balaban J connectivity index is 4.98. The van der Waals surface area contributed by atoms with Crippen molar-refractivity contribution in [1.29, 1.82) is 0 Å². The fourth-order valence-corrected chi connectivity index (χ4v) is 11.2. The minimum Gasteiger partial charge on any atom is -0.349 e. The van der Waals surface area contributed by atoms with Crippen LogP contribution in [0.4, 0.5) is 0 Å². The predicted molar refractivity (Wildman–Crippen MR) is 317 cm³/mol. The molecule has 0 saturated carbocycles. The van der Waals surface area contributed by atoms with E-state index >= 15 is 0 Å². The van der Waals surface area contributed by atoms with Gasteiger partial charge in [0, 0.05) is 26.2 Å². The number of hydrogen-bond acceptors (Lipinski definition) is 1. The van der Waals surface area contributed by atoms with Gasteiger partial charge in [-0.2, -0.15) is 0 Å². The molecule has 2 nitrogen and oxygen atoms in total. The average molecular weight is 974 g/mol. The highest BCUT2D eigenvalue weighted by atomic mass is 32.1. The first-order valence-electron chi connectivity index (χ1n) is 32.7. The summed E-state index contributed by atoms with van der Waals surface area (Å²) in [5, 5.41) is 1.22. The quantitative estimate of drug-likeness (QED) is 0.0443. The molecule has 0 bridgehead atoms. The van der Waals surface area contributed by atoms with Gasteiger partial charge in [-0.25, -0.2) is 0 Å². The largest absolute Gasteiger partial charge is 0.349 e. The van der Waals surface area contributed by atoms with Crippen molar-refractivity contribution in [2.45, 2.75) is 387 Å². The third kappa shape index (κ3) is 53.5. The van der Waals surface area contributed by atoms with Crippen LogP contribution in [-0.2, 0) is 0 Å². The molecule has 0 aliphatic carbocycles. The van der Waals surface area contributed by atoms with Crippen LogP contribution in [0.1, 0.15) is 387 Å². The molecule has 0 unspecified atom stereocenters. The zero-order chi connectivity index (χ0) is 49.2. The summed E-state index contributed by atoms with van der Waals surface area (Å²) in [6.07, 6.45) is 80.1. The topological polar surface area (TPSA) is 6.48 Å². The molecule has 0 heterocycles. The minimum atomic E-state index is 1.18. The highest BCUT2D eigenvalue weighted by molar-refractivity contribution is 7.80. The zero-order valence-electron chi connectivity index (χ0n) is 48.2. The molecule has 0 aromatic carbocycles. The van der Waals surface area contributed by atoms with Gasteiger partial charge >= 0.3 is 0 Å². The van der Waals surface area contributed by atoms with Crippen LogP contribution in [0.25, 0.3) is 0 Å². The maximum Gasteiger partial charge on any atom is 0.171 e. The van der Waals surface area contributed by atoms with Crippen LogP contribution in [0.15, 0.2) is 0 Å². The second kappa shape index (κ2) is 61.0. The molecule has 0 atom stereocenters. The number of rotatable bonds is 60. The van der Waals surface area contributed by atoms with Gasteiger partial charge < -0.3 is 9.80 Å². The molecule has 0 amide bonds. The highest BCUT2D eigenvalue weighted by Crippen LogP contribution is 2.19. The van der Waals surface area contributed by atoms with E-state index in [4.69, 9.17) is 12.2 Å². The van der Waals surface area contributed by atoms with E-state index in [0.29, 0.717) is 0 Å². The molecule has 0 N–H and O–H groups in total. The van der Waals surface area contributed by atoms with Crippen LogP contribution in [-0.4, -0.2) is 41.1 Å². The van der Waals surface area contributed by atoms with Crippen molar-refractivity contribution in [2.75, 3.05) is 26.2 Å². The van der Waals surface area contributed by atoms with Crippen molar-refractivity contribution < 1.29 is 0 Å². The molecule has 3 heteroatoms. The Kier molecular flexibility index (Phi) is 60.7. The third-order valence-corrected chi connectivity index (χ3v) is 16.2. The molecule has 0 rings (SSSR count). The lowest BCUT2D eigenvalue weighted by atomic mass is 10.0. The van der Waals surface area contributed by atoms with E-state index in [1.165, 1.54) is 391 Å². The second-order valence-electron chi connectivity index (χ2n) is 22.6. The number of hydrogen-bond donors (Lipinski definition) is 0. The predicted octanol–water partition coefficient (Wildman–Crippen LogP) is 23.8. The monoisotopic (exact) mass is 973 g/mol. The number of nitrogens with zero attached hydrogens (tertiary/aromatic N) is 2. The zero-order valence-corrected chi connectivity index (χ0v) is 49.0. The summed E-state index contributed by atoms with van der Waals surface area (Å²) in [6, 6.07) is 0. The number of unbranched alkanes of at least 4 members (excludes halogenated alkanes) is 52. The van der Waals surface area contributed by atoms with E-state index in [9.17, 15) is 0 Å². The summed E-state index contributed by atoms with van der Waals surface area (Å²) in [5.41, 5.74) is 0. The first kappa shape index (κ1) is 67.7. The van der Waals surface area contributed by atoms with E-state index < -0.39 is 0 Å². The molecule has 0 aromatic rings. The fourth-order valence-electron chi connectivity index (χ4n) is 10.8. The summed E-state index contributed by atoms with van der Waals surface area (Å²) >= 11 is 6.55. The Morgan fingerprint density at radius 1 is 0.176 bits per heavy atom. The van der Waals surface area contributed by atoms with Crippen molar-refractivity contribution in [3.05, 3.63) is 0 Å². The van der Waals surface area contributed by atoms with Gasteiger partial charge in [0.2, 0.25) is 0 Å². The summed E-state index contributed by atoms with van der Waals surface area (Å²) in [4.78, 5) is 5.42. The molecule has 0 fully saturated rings. The molecule has 0 aliphatic heterocycles. The Labute approximate surface area is 438 Å². The van der Waals surface area contributed by atoms with Crippen molar-refractivity contribution >= 4 is 17.3 Å². The lowest BCUT2D eigenvalue weighted by Gasteiger charge is -2.34. The third-order valence-electron chi connectivity index (χ3n) is 15.7. The van der Waals surface area contributed by atoms with Crippen molar-refractivity contribution in [3.63, 3.8) is 0 Å². The van der Waals surface area contributed by atoms with E-state index in [0.717, 1.165) is 0 Å². The lowest BCUT2D eigenvalue weighted by Crippen LogP contribution is -2.44. The smallest absolute Gasteiger partial charge is 0.171 e. The van der Waals surface area contributed by atoms with Crippen molar-refractivity contribution in [2.24, 2.45) is 0 Å².